The first-order valence-electron chi connectivity index (χ1n) is 6.80. The Hall–Kier alpha value is -1.26. The van der Waals surface area contributed by atoms with Crippen molar-refractivity contribution in [3.8, 4) is 5.75 Å². The molecule has 110 valence electrons. The molecular weight excluding hydrogens is 278 g/mol. The molecule has 1 aromatic carbocycles. The molecule has 1 aromatic rings. The Morgan fingerprint density at radius 3 is 2.40 bits per heavy atom. The van der Waals surface area contributed by atoms with E-state index in [0.717, 1.165) is 0 Å². The number of halogens is 1. The highest BCUT2D eigenvalue weighted by molar-refractivity contribution is 6.30. The highest BCUT2D eigenvalue weighted by Gasteiger charge is 2.35. The molecule has 1 heterocycles. The molecule has 5 heteroatoms. The van der Waals surface area contributed by atoms with Gasteiger partial charge in [-0.2, -0.15) is 0 Å². The number of hydrogen-bond donors (Lipinski definition) is 1. The van der Waals surface area contributed by atoms with Gasteiger partial charge in [0.1, 0.15) is 5.75 Å². The third kappa shape index (κ3) is 3.64. The molecule has 20 heavy (non-hydrogen) atoms. The van der Waals surface area contributed by atoms with Gasteiger partial charge in [0.2, 0.25) is 0 Å². The molecule has 0 aliphatic carbocycles. The molecular formula is C15H20ClNO3. The van der Waals surface area contributed by atoms with E-state index < -0.39 is 5.60 Å². The summed E-state index contributed by atoms with van der Waals surface area (Å²) in [7, 11) is 0. The van der Waals surface area contributed by atoms with E-state index in [9.17, 15) is 9.90 Å². The molecule has 1 N–H and O–H groups in total. The Bertz CT molecular complexity index is 465. The SMILES string of the molecule is CC(C)(Oc1ccc(Cl)cc1)C(=O)N1CCC(O)CC1. The minimum absolute atomic E-state index is 0.0562. The summed E-state index contributed by atoms with van der Waals surface area (Å²) in [6.45, 7) is 4.67. The molecule has 0 atom stereocenters. The van der Waals surface area contributed by atoms with Crippen molar-refractivity contribution < 1.29 is 14.6 Å². The van der Waals surface area contributed by atoms with E-state index in [4.69, 9.17) is 16.3 Å². The highest BCUT2D eigenvalue weighted by atomic mass is 35.5. The molecule has 0 aromatic heterocycles. The van der Waals surface area contributed by atoms with Crippen molar-refractivity contribution in [2.75, 3.05) is 13.1 Å². The number of aliphatic hydroxyl groups excluding tert-OH is 1. The normalized spacial score (nSPS) is 17.1. The van der Waals surface area contributed by atoms with Crippen LogP contribution in [0, 0.1) is 0 Å². The summed E-state index contributed by atoms with van der Waals surface area (Å²) in [6, 6.07) is 6.96. The topological polar surface area (TPSA) is 49.8 Å². The van der Waals surface area contributed by atoms with E-state index in [2.05, 4.69) is 0 Å². The third-order valence-electron chi connectivity index (χ3n) is 3.45. The van der Waals surface area contributed by atoms with Crippen LogP contribution >= 0.6 is 11.6 Å². The van der Waals surface area contributed by atoms with Crippen LogP contribution in [0.25, 0.3) is 0 Å². The molecule has 0 bridgehead atoms. The van der Waals surface area contributed by atoms with Crippen LogP contribution in [0.2, 0.25) is 5.02 Å². The minimum Gasteiger partial charge on any atom is -0.478 e. The van der Waals surface area contributed by atoms with Crippen molar-refractivity contribution in [1.29, 1.82) is 0 Å². The van der Waals surface area contributed by atoms with E-state index in [1.54, 1.807) is 43.0 Å². The summed E-state index contributed by atoms with van der Waals surface area (Å²) in [6.07, 6.45) is 0.963. The number of carbonyl (C=O) groups is 1. The van der Waals surface area contributed by atoms with Crippen LogP contribution in [-0.2, 0) is 4.79 Å². The summed E-state index contributed by atoms with van der Waals surface area (Å²) >= 11 is 5.83. The lowest BCUT2D eigenvalue weighted by Gasteiger charge is -2.35. The number of ether oxygens (including phenoxy) is 1. The van der Waals surface area contributed by atoms with Crippen LogP contribution in [0.4, 0.5) is 0 Å². The molecule has 1 aliphatic rings. The molecule has 0 unspecified atom stereocenters. The molecule has 1 amide bonds. The molecule has 0 radical (unpaired) electrons. The molecule has 2 rings (SSSR count). The van der Waals surface area contributed by atoms with Gasteiger partial charge in [-0.25, -0.2) is 0 Å². The van der Waals surface area contributed by atoms with E-state index >= 15 is 0 Å². The van der Waals surface area contributed by atoms with Crippen LogP contribution in [0.1, 0.15) is 26.7 Å². The fourth-order valence-electron chi connectivity index (χ4n) is 2.29. The largest absolute Gasteiger partial charge is 0.478 e. The number of piperidine rings is 1. The summed E-state index contributed by atoms with van der Waals surface area (Å²) < 4.78 is 5.79. The maximum Gasteiger partial charge on any atom is 0.266 e. The lowest BCUT2D eigenvalue weighted by Crippen LogP contribution is -2.51. The number of likely N-dealkylation sites (tertiary alicyclic amines) is 1. The standard InChI is InChI=1S/C15H20ClNO3/c1-15(2,20-13-5-3-11(16)4-6-13)14(19)17-9-7-12(18)8-10-17/h3-6,12,18H,7-10H2,1-2H3. The number of hydrogen-bond acceptors (Lipinski definition) is 3. The van der Waals surface area contributed by atoms with E-state index in [1.807, 2.05) is 0 Å². The number of rotatable bonds is 3. The Kier molecular flexibility index (Phi) is 4.55. The smallest absolute Gasteiger partial charge is 0.266 e. The quantitative estimate of drug-likeness (QED) is 0.932. The van der Waals surface area contributed by atoms with Gasteiger partial charge >= 0.3 is 0 Å². The summed E-state index contributed by atoms with van der Waals surface area (Å²) in [5, 5.41) is 10.1. The number of aliphatic hydroxyl groups is 1. The molecule has 0 saturated carbocycles. The van der Waals surface area contributed by atoms with Crippen molar-refractivity contribution in [2.24, 2.45) is 0 Å². The van der Waals surface area contributed by atoms with Crippen LogP contribution in [0.5, 0.6) is 5.75 Å². The van der Waals surface area contributed by atoms with Crippen LogP contribution in [0.3, 0.4) is 0 Å². The number of carbonyl (C=O) groups excluding carboxylic acids is 1. The average Bonchev–Trinajstić information content (AvgIpc) is 2.41. The van der Waals surface area contributed by atoms with Gasteiger partial charge in [-0.15, -0.1) is 0 Å². The predicted molar refractivity (Wildman–Crippen MR) is 78.0 cm³/mol. The van der Waals surface area contributed by atoms with Gasteiger partial charge in [-0.3, -0.25) is 4.79 Å². The summed E-state index contributed by atoms with van der Waals surface area (Å²) in [5.74, 6) is 0.559. The van der Waals surface area contributed by atoms with Gasteiger partial charge in [0.25, 0.3) is 5.91 Å². The fraction of sp³-hybridized carbons (Fsp3) is 0.533. The first kappa shape index (κ1) is 15.1. The zero-order valence-corrected chi connectivity index (χ0v) is 12.6. The first-order chi connectivity index (χ1) is 9.38. The number of amides is 1. The van der Waals surface area contributed by atoms with Gasteiger partial charge in [0, 0.05) is 18.1 Å². The maximum absolute atomic E-state index is 12.5. The summed E-state index contributed by atoms with van der Waals surface area (Å²) in [5.41, 5.74) is -0.934. The van der Waals surface area contributed by atoms with Gasteiger partial charge in [-0.1, -0.05) is 11.6 Å². The Balaban J connectivity index is 2.01. The second kappa shape index (κ2) is 6.02. The molecule has 0 spiro atoms. The minimum atomic E-state index is -0.934. The lowest BCUT2D eigenvalue weighted by atomic mass is 10.0. The Labute approximate surface area is 124 Å². The number of nitrogens with zero attached hydrogens (tertiary/aromatic N) is 1. The van der Waals surface area contributed by atoms with E-state index in [-0.39, 0.29) is 12.0 Å². The third-order valence-corrected chi connectivity index (χ3v) is 3.71. The van der Waals surface area contributed by atoms with E-state index in [1.165, 1.54) is 0 Å². The second-order valence-electron chi connectivity index (χ2n) is 5.59. The van der Waals surface area contributed by atoms with Gasteiger partial charge in [-0.05, 0) is 51.0 Å². The van der Waals surface area contributed by atoms with Crippen molar-refractivity contribution in [3.05, 3.63) is 29.3 Å². The van der Waals surface area contributed by atoms with Crippen molar-refractivity contribution >= 4 is 17.5 Å². The van der Waals surface area contributed by atoms with Crippen molar-refractivity contribution in [3.63, 3.8) is 0 Å². The predicted octanol–water partition coefficient (Wildman–Crippen LogP) is 2.48. The Morgan fingerprint density at radius 2 is 1.85 bits per heavy atom. The fourth-order valence-corrected chi connectivity index (χ4v) is 2.42. The molecule has 1 fully saturated rings. The van der Waals surface area contributed by atoms with Crippen molar-refractivity contribution in [1.82, 2.24) is 4.90 Å². The van der Waals surface area contributed by atoms with Gasteiger partial charge in [0.15, 0.2) is 5.60 Å². The van der Waals surface area contributed by atoms with E-state index in [0.29, 0.717) is 36.7 Å². The first-order valence-corrected chi connectivity index (χ1v) is 7.18. The molecule has 1 saturated heterocycles. The highest BCUT2D eigenvalue weighted by Crippen LogP contribution is 2.23. The van der Waals surface area contributed by atoms with Crippen LogP contribution < -0.4 is 4.74 Å². The molecule has 4 nitrogen and oxygen atoms in total. The lowest BCUT2D eigenvalue weighted by molar-refractivity contribution is -0.147. The van der Waals surface area contributed by atoms with Crippen molar-refractivity contribution in [2.45, 2.75) is 38.4 Å². The maximum atomic E-state index is 12.5. The zero-order chi connectivity index (χ0) is 14.8. The van der Waals surface area contributed by atoms with Gasteiger partial charge in [0.05, 0.1) is 6.10 Å². The van der Waals surface area contributed by atoms with Crippen LogP contribution in [-0.4, -0.2) is 40.7 Å². The number of benzene rings is 1. The second-order valence-corrected chi connectivity index (χ2v) is 6.03. The van der Waals surface area contributed by atoms with Crippen LogP contribution in [0.15, 0.2) is 24.3 Å². The average molecular weight is 298 g/mol. The Morgan fingerprint density at radius 1 is 1.30 bits per heavy atom. The zero-order valence-electron chi connectivity index (χ0n) is 11.8. The van der Waals surface area contributed by atoms with Gasteiger partial charge < -0.3 is 14.7 Å². The summed E-state index contributed by atoms with van der Waals surface area (Å²) in [4.78, 5) is 14.2. The molecule has 1 aliphatic heterocycles. The monoisotopic (exact) mass is 297 g/mol.